The van der Waals surface area contributed by atoms with E-state index >= 15 is 0 Å². The lowest BCUT2D eigenvalue weighted by molar-refractivity contribution is 0.155. The normalized spacial score (nSPS) is 24.3. The second kappa shape index (κ2) is 2.56. The van der Waals surface area contributed by atoms with E-state index in [0.29, 0.717) is 19.5 Å². The molecule has 0 aromatic heterocycles. The number of amides is 1. The van der Waals surface area contributed by atoms with Gasteiger partial charge in [0.2, 0.25) is 0 Å². The molecule has 1 atom stereocenters. The minimum absolute atomic E-state index is 0.0869. The second-order valence-electron chi connectivity index (χ2n) is 2.34. The first-order valence-electron chi connectivity index (χ1n) is 3.11. The maximum absolute atomic E-state index is 10.3. The smallest absolute Gasteiger partial charge is 0.407 e. The fourth-order valence-corrected chi connectivity index (χ4v) is 1.04. The van der Waals surface area contributed by atoms with Crippen molar-refractivity contribution in [3.63, 3.8) is 0 Å². The van der Waals surface area contributed by atoms with E-state index in [4.69, 9.17) is 10.4 Å². The van der Waals surface area contributed by atoms with Crippen molar-refractivity contribution in [2.45, 2.75) is 6.42 Å². The fraction of sp³-hybridized carbons (Fsp3) is 0.667. The van der Waals surface area contributed by atoms with E-state index in [2.05, 4.69) is 0 Å². The molecule has 0 unspecified atom stereocenters. The van der Waals surface area contributed by atoms with E-state index < -0.39 is 6.09 Å². The van der Waals surface area contributed by atoms with Crippen LogP contribution in [0.5, 0.6) is 0 Å². The average Bonchev–Trinajstić information content (AvgIpc) is 2.34. The van der Waals surface area contributed by atoms with Gasteiger partial charge in [-0.05, 0) is 6.42 Å². The summed E-state index contributed by atoms with van der Waals surface area (Å²) in [6, 6.07) is 2.04. The van der Waals surface area contributed by atoms with Gasteiger partial charge in [-0.25, -0.2) is 4.79 Å². The van der Waals surface area contributed by atoms with Gasteiger partial charge in [-0.15, -0.1) is 0 Å². The first-order valence-corrected chi connectivity index (χ1v) is 3.11. The topological polar surface area (TPSA) is 64.3 Å². The Labute approximate surface area is 58.7 Å². The predicted molar refractivity (Wildman–Crippen MR) is 33.3 cm³/mol. The zero-order chi connectivity index (χ0) is 7.56. The van der Waals surface area contributed by atoms with E-state index in [9.17, 15) is 4.79 Å². The summed E-state index contributed by atoms with van der Waals surface area (Å²) in [5.74, 6) is -0.0869. The molecule has 1 aliphatic heterocycles. The number of carbonyl (C=O) groups is 1. The third kappa shape index (κ3) is 1.18. The Morgan fingerprint density at radius 2 is 2.50 bits per heavy atom. The Morgan fingerprint density at radius 1 is 1.80 bits per heavy atom. The summed E-state index contributed by atoms with van der Waals surface area (Å²) in [5, 5.41) is 16.8. The molecule has 1 fully saturated rings. The molecule has 1 N–H and O–H groups in total. The summed E-state index contributed by atoms with van der Waals surface area (Å²) in [4.78, 5) is 11.6. The lowest BCUT2D eigenvalue weighted by Crippen LogP contribution is -2.26. The molecule has 0 aliphatic carbocycles. The van der Waals surface area contributed by atoms with Crippen LogP contribution < -0.4 is 0 Å². The van der Waals surface area contributed by atoms with E-state index in [-0.39, 0.29) is 5.92 Å². The molecule has 1 amide bonds. The van der Waals surface area contributed by atoms with Gasteiger partial charge in [0.1, 0.15) is 0 Å². The predicted octanol–water partition coefficient (Wildman–Crippen LogP) is 0.510. The summed E-state index contributed by atoms with van der Waals surface area (Å²) in [6.07, 6.45) is -0.235. The maximum Gasteiger partial charge on any atom is 0.407 e. The molecular weight excluding hydrogens is 132 g/mol. The molecule has 4 nitrogen and oxygen atoms in total. The van der Waals surface area contributed by atoms with E-state index in [1.165, 1.54) is 4.90 Å². The van der Waals surface area contributed by atoms with E-state index in [0.717, 1.165) is 0 Å². The second-order valence-corrected chi connectivity index (χ2v) is 2.34. The van der Waals surface area contributed by atoms with Gasteiger partial charge in [-0.3, -0.25) is 0 Å². The first-order chi connectivity index (χ1) is 4.74. The Hall–Kier alpha value is -1.24. The number of rotatable bonds is 0. The van der Waals surface area contributed by atoms with Gasteiger partial charge in [0.15, 0.2) is 0 Å². The first kappa shape index (κ1) is 6.87. The van der Waals surface area contributed by atoms with Gasteiger partial charge in [-0.1, -0.05) is 0 Å². The number of nitriles is 1. The molecule has 1 aliphatic rings. The SMILES string of the molecule is N#C[C@H]1CCN(C(=O)O)C1. The molecular formula is C6H8N2O2. The van der Waals surface area contributed by atoms with Crippen LogP contribution in [0.4, 0.5) is 4.79 Å². The standard InChI is InChI=1S/C6H8N2O2/c7-3-5-1-2-8(4-5)6(9)10/h5H,1-2,4H2,(H,9,10)/t5-/m1/s1. The third-order valence-corrected chi connectivity index (χ3v) is 1.64. The molecule has 1 saturated heterocycles. The maximum atomic E-state index is 10.3. The monoisotopic (exact) mass is 140 g/mol. The summed E-state index contributed by atoms with van der Waals surface area (Å²) >= 11 is 0. The molecule has 0 saturated carbocycles. The Morgan fingerprint density at radius 3 is 2.80 bits per heavy atom. The highest BCUT2D eigenvalue weighted by molar-refractivity contribution is 5.65. The molecule has 10 heavy (non-hydrogen) atoms. The summed E-state index contributed by atoms with van der Waals surface area (Å²) in [5.41, 5.74) is 0. The van der Waals surface area contributed by atoms with Crippen LogP contribution in [0.2, 0.25) is 0 Å². The van der Waals surface area contributed by atoms with Gasteiger partial charge in [0.05, 0.1) is 12.0 Å². The number of hydrogen-bond donors (Lipinski definition) is 1. The molecule has 0 aromatic carbocycles. The van der Waals surface area contributed by atoms with Crippen molar-refractivity contribution in [1.29, 1.82) is 5.26 Å². The summed E-state index contributed by atoms with van der Waals surface area (Å²) in [7, 11) is 0. The van der Waals surface area contributed by atoms with Crippen molar-refractivity contribution >= 4 is 6.09 Å². The van der Waals surface area contributed by atoms with Gasteiger partial charge in [0, 0.05) is 13.1 Å². The van der Waals surface area contributed by atoms with Crippen molar-refractivity contribution in [2.24, 2.45) is 5.92 Å². The lowest BCUT2D eigenvalue weighted by Gasteiger charge is -2.08. The van der Waals surface area contributed by atoms with Crippen LogP contribution in [0.15, 0.2) is 0 Å². The summed E-state index contributed by atoms with van der Waals surface area (Å²) < 4.78 is 0. The van der Waals surface area contributed by atoms with Gasteiger partial charge >= 0.3 is 6.09 Å². The molecule has 4 heteroatoms. The quantitative estimate of drug-likeness (QED) is 0.533. The van der Waals surface area contributed by atoms with Crippen LogP contribution >= 0.6 is 0 Å². The van der Waals surface area contributed by atoms with Crippen LogP contribution in [0.25, 0.3) is 0 Å². The van der Waals surface area contributed by atoms with E-state index in [1.54, 1.807) is 0 Å². The largest absolute Gasteiger partial charge is 0.465 e. The Balaban J connectivity index is 2.45. The third-order valence-electron chi connectivity index (χ3n) is 1.64. The van der Waals surface area contributed by atoms with E-state index in [1.807, 2.05) is 6.07 Å². The Kier molecular flexibility index (Phi) is 1.76. The van der Waals surface area contributed by atoms with Crippen molar-refractivity contribution < 1.29 is 9.90 Å². The molecule has 0 radical (unpaired) electrons. The molecule has 0 bridgehead atoms. The molecule has 54 valence electrons. The lowest BCUT2D eigenvalue weighted by atomic mass is 10.1. The molecule has 1 rings (SSSR count). The summed E-state index contributed by atoms with van der Waals surface area (Å²) in [6.45, 7) is 0.888. The van der Waals surface area contributed by atoms with Crippen molar-refractivity contribution in [1.82, 2.24) is 4.90 Å². The molecule has 0 spiro atoms. The van der Waals surface area contributed by atoms with Gasteiger partial charge in [-0.2, -0.15) is 5.26 Å². The van der Waals surface area contributed by atoms with Crippen LogP contribution in [0, 0.1) is 17.2 Å². The van der Waals surface area contributed by atoms with Crippen molar-refractivity contribution in [3.8, 4) is 6.07 Å². The number of nitrogens with zero attached hydrogens (tertiary/aromatic N) is 2. The highest BCUT2D eigenvalue weighted by atomic mass is 16.4. The number of likely N-dealkylation sites (tertiary alicyclic amines) is 1. The van der Waals surface area contributed by atoms with Crippen LogP contribution in [0.3, 0.4) is 0 Å². The average molecular weight is 140 g/mol. The van der Waals surface area contributed by atoms with Gasteiger partial charge in [0.25, 0.3) is 0 Å². The highest BCUT2D eigenvalue weighted by Crippen LogP contribution is 2.14. The zero-order valence-corrected chi connectivity index (χ0v) is 5.45. The minimum atomic E-state index is -0.919. The molecule has 0 aromatic rings. The van der Waals surface area contributed by atoms with Crippen molar-refractivity contribution in [2.75, 3.05) is 13.1 Å². The number of hydrogen-bond acceptors (Lipinski definition) is 2. The Bertz CT molecular complexity index is 185. The van der Waals surface area contributed by atoms with Crippen LogP contribution in [0.1, 0.15) is 6.42 Å². The number of carboxylic acid groups (broad SMARTS) is 1. The van der Waals surface area contributed by atoms with Crippen molar-refractivity contribution in [3.05, 3.63) is 0 Å². The fourth-order valence-electron chi connectivity index (χ4n) is 1.04. The molecule has 1 heterocycles. The zero-order valence-electron chi connectivity index (χ0n) is 5.45. The minimum Gasteiger partial charge on any atom is -0.465 e. The van der Waals surface area contributed by atoms with Gasteiger partial charge < -0.3 is 10.0 Å². The van der Waals surface area contributed by atoms with Crippen LogP contribution in [-0.4, -0.2) is 29.2 Å². The van der Waals surface area contributed by atoms with Crippen LogP contribution in [-0.2, 0) is 0 Å². The highest BCUT2D eigenvalue weighted by Gasteiger charge is 2.24.